The fourth-order valence-corrected chi connectivity index (χ4v) is 2.15. The molecule has 0 aliphatic rings. The van der Waals surface area contributed by atoms with Crippen LogP contribution in [0.15, 0.2) is 48.5 Å². The van der Waals surface area contributed by atoms with Gasteiger partial charge >= 0.3 is 12.0 Å². The van der Waals surface area contributed by atoms with Crippen molar-refractivity contribution in [2.45, 2.75) is 26.7 Å². The van der Waals surface area contributed by atoms with Crippen molar-refractivity contribution in [2.75, 3.05) is 18.5 Å². The Labute approximate surface area is 153 Å². The highest BCUT2D eigenvalue weighted by Crippen LogP contribution is 2.20. The molecule has 0 aliphatic carbocycles. The molecular formula is C20H24N2O4. The summed E-state index contributed by atoms with van der Waals surface area (Å²) in [5.74, 6) is 0.493. The SMILES string of the molecule is CCCNC(=O)Nc1cccc(OC(=O)c2cccc(OCCC)c2)c1. The van der Waals surface area contributed by atoms with Crippen LogP contribution < -0.4 is 20.1 Å². The van der Waals surface area contributed by atoms with Gasteiger partial charge < -0.3 is 20.1 Å². The van der Waals surface area contributed by atoms with E-state index in [1.165, 1.54) is 0 Å². The van der Waals surface area contributed by atoms with Crippen LogP contribution in [0.4, 0.5) is 10.5 Å². The van der Waals surface area contributed by atoms with Gasteiger partial charge in [-0.25, -0.2) is 9.59 Å². The highest BCUT2D eigenvalue weighted by atomic mass is 16.5. The summed E-state index contributed by atoms with van der Waals surface area (Å²) in [6.07, 6.45) is 1.74. The van der Waals surface area contributed by atoms with Gasteiger partial charge in [0, 0.05) is 18.3 Å². The molecule has 0 unspecified atom stereocenters. The van der Waals surface area contributed by atoms with Crippen LogP contribution in [0, 0.1) is 0 Å². The van der Waals surface area contributed by atoms with E-state index in [2.05, 4.69) is 10.6 Å². The fourth-order valence-electron chi connectivity index (χ4n) is 2.15. The quantitative estimate of drug-likeness (QED) is 0.548. The molecule has 2 aromatic carbocycles. The lowest BCUT2D eigenvalue weighted by atomic mass is 10.2. The summed E-state index contributed by atoms with van der Waals surface area (Å²) in [5, 5.41) is 5.42. The topological polar surface area (TPSA) is 76.7 Å². The number of anilines is 1. The van der Waals surface area contributed by atoms with E-state index in [-0.39, 0.29) is 6.03 Å². The minimum absolute atomic E-state index is 0.295. The first-order valence-electron chi connectivity index (χ1n) is 8.72. The summed E-state index contributed by atoms with van der Waals surface area (Å²) in [7, 11) is 0. The Hall–Kier alpha value is -3.02. The van der Waals surface area contributed by atoms with E-state index >= 15 is 0 Å². The van der Waals surface area contributed by atoms with Gasteiger partial charge in [0.15, 0.2) is 0 Å². The van der Waals surface area contributed by atoms with E-state index in [1.54, 1.807) is 48.5 Å². The van der Waals surface area contributed by atoms with E-state index in [9.17, 15) is 9.59 Å². The van der Waals surface area contributed by atoms with E-state index in [1.807, 2.05) is 13.8 Å². The lowest BCUT2D eigenvalue weighted by molar-refractivity contribution is 0.0734. The van der Waals surface area contributed by atoms with E-state index < -0.39 is 5.97 Å². The van der Waals surface area contributed by atoms with Gasteiger partial charge in [0.1, 0.15) is 11.5 Å². The summed E-state index contributed by atoms with van der Waals surface area (Å²) in [5.41, 5.74) is 0.946. The standard InChI is InChI=1S/C20H24N2O4/c1-3-11-21-20(24)22-16-8-6-10-18(14-16)26-19(23)15-7-5-9-17(13-15)25-12-4-2/h5-10,13-14H,3-4,11-12H2,1-2H3,(H2,21,22,24). The smallest absolute Gasteiger partial charge is 0.343 e. The largest absolute Gasteiger partial charge is 0.494 e. The molecule has 0 saturated heterocycles. The Morgan fingerprint density at radius 3 is 2.50 bits per heavy atom. The zero-order valence-electron chi connectivity index (χ0n) is 15.1. The molecular weight excluding hydrogens is 332 g/mol. The Balaban J connectivity index is 2.00. The van der Waals surface area contributed by atoms with Gasteiger partial charge in [-0.1, -0.05) is 26.0 Å². The maximum absolute atomic E-state index is 12.3. The Morgan fingerprint density at radius 1 is 0.962 bits per heavy atom. The number of esters is 1. The molecule has 2 aromatic rings. The molecule has 2 amide bonds. The van der Waals surface area contributed by atoms with Crippen molar-refractivity contribution >= 4 is 17.7 Å². The third-order valence-electron chi connectivity index (χ3n) is 3.38. The van der Waals surface area contributed by atoms with E-state index in [0.717, 1.165) is 12.8 Å². The number of carbonyl (C=O) groups excluding carboxylic acids is 2. The molecule has 2 rings (SSSR count). The minimum Gasteiger partial charge on any atom is -0.494 e. The normalized spacial score (nSPS) is 10.1. The third-order valence-corrected chi connectivity index (χ3v) is 3.38. The van der Waals surface area contributed by atoms with Crippen LogP contribution in [0.25, 0.3) is 0 Å². The number of rotatable bonds is 8. The van der Waals surface area contributed by atoms with Gasteiger partial charge in [0.2, 0.25) is 0 Å². The number of carbonyl (C=O) groups is 2. The second-order valence-corrected chi connectivity index (χ2v) is 5.67. The molecule has 0 radical (unpaired) electrons. The molecule has 2 N–H and O–H groups in total. The van der Waals surface area contributed by atoms with Crippen LogP contribution in [0.3, 0.4) is 0 Å². The van der Waals surface area contributed by atoms with Gasteiger partial charge in [-0.15, -0.1) is 0 Å². The molecule has 0 heterocycles. The number of hydrogen-bond donors (Lipinski definition) is 2. The molecule has 0 aliphatic heterocycles. The first-order valence-corrected chi connectivity index (χ1v) is 8.72. The molecule has 0 aromatic heterocycles. The fraction of sp³-hybridized carbons (Fsp3) is 0.300. The molecule has 26 heavy (non-hydrogen) atoms. The average molecular weight is 356 g/mol. The maximum Gasteiger partial charge on any atom is 0.343 e. The van der Waals surface area contributed by atoms with Crippen molar-refractivity contribution in [3.8, 4) is 11.5 Å². The predicted octanol–water partition coefficient (Wildman–Crippen LogP) is 4.23. The first-order chi connectivity index (χ1) is 12.6. The van der Waals surface area contributed by atoms with Crippen LogP contribution in [0.5, 0.6) is 11.5 Å². The van der Waals surface area contributed by atoms with Gasteiger partial charge in [-0.3, -0.25) is 0 Å². The first kappa shape index (κ1) is 19.3. The lowest BCUT2D eigenvalue weighted by Gasteiger charge is -2.10. The van der Waals surface area contributed by atoms with Gasteiger partial charge in [-0.05, 0) is 43.2 Å². The van der Waals surface area contributed by atoms with E-state index in [0.29, 0.717) is 35.9 Å². The van der Waals surface area contributed by atoms with E-state index in [4.69, 9.17) is 9.47 Å². The summed E-state index contributed by atoms with van der Waals surface area (Å²) in [6, 6.07) is 13.3. The summed E-state index contributed by atoms with van der Waals surface area (Å²) in [6.45, 7) is 5.17. The van der Waals surface area contributed by atoms with Crippen LogP contribution in [0.1, 0.15) is 37.0 Å². The molecule has 0 spiro atoms. The second-order valence-electron chi connectivity index (χ2n) is 5.67. The van der Waals surface area contributed by atoms with Crippen molar-refractivity contribution in [2.24, 2.45) is 0 Å². The zero-order valence-corrected chi connectivity index (χ0v) is 15.1. The average Bonchev–Trinajstić information content (AvgIpc) is 2.65. The van der Waals surface area contributed by atoms with Crippen molar-refractivity contribution in [1.29, 1.82) is 0 Å². The molecule has 138 valence electrons. The predicted molar refractivity (Wildman–Crippen MR) is 101 cm³/mol. The number of urea groups is 1. The lowest BCUT2D eigenvalue weighted by Crippen LogP contribution is -2.29. The van der Waals surface area contributed by atoms with Crippen molar-refractivity contribution < 1.29 is 19.1 Å². The molecule has 0 saturated carbocycles. The summed E-state index contributed by atoms with van der Waals surface area (Å²) in [4.78, 5) is 24.0. The number of ether oxygens (including phenoxy) is 2. The molecule has 6 nitrogen and oxygen atoms in total. The maximum atomic E-state index is 12.3. The van der Waals surface area contributed by atoms with Crippen LogP contribution in [-0.4, -0.2) is 25.2 Å². The molecule has 0 bridgehead atoms. The Kier molecular flexibility index (Phi) is 7.49. The Bertz CT molecular complexity index is 746. The summed E-state index contributed by atoms with van der Waals surface area (Å²) >= 11 is 0. The van der Waals surface area contributed by atoms with Crippen LogP contribution in [0.2, 0.25) is 0 Å². The van der Waals surface area contributed by atoms with Crippen LogP contribution >= 0.6 is 0 Å². The highest BCUT2D eigenvalue weighted by Gasteiger charge is 2.11. The van der Waals surface area contributed by atoms with Crippen molar-refractivity contribution in [3.05, 3.63) is 54.1 Å². The highest BCUT2D eigenvalue weighted by molar-refractivity contribution is 5.92. The second kappa shape index (κ2) is 10.1. The molecule has 6 heteroatoms. The monoisotopic (exact) mass is 356 g/mol. The van der Waals surface area contributed by atoms with Gasteiger partial charge in [-0.2, -0.15) is 0 Å². The zero-order chi connectivity index (χ0) is 18.8. The van der Waals surface area contributed by atoms with Gasteiger partial charge in [0.05, 0.1) is 12.2 Å². The Morgan fingerprint density at radius 2 is 1.73 bits per heavy atom. The van der Waals surface area contributed by atoms with Crippen molar-refractivity contribution in [1.82, 2.24) is 5.32 Å². The number of benzene rings is 2. The number of hydrogen-bond acceptors (Lipinski definition) is 4. The number of amides is 2. The van der Waals surface area contributed by atoms with Crippen molar-refractivity contribution in [3.63, 3.8) is 0 Å². The summed E-state index contributed by atoms with van der Waals surface area (Å²) < 4.78 is 10.9. The minimum atomic E-state index is -0.487. The molecule has 0 fully saturated rings. The third kappa shape index (κ3) is 6.12. The van der Waals surface area contributed by atoms with Crippen LogP contribution in [-0.2, 0) is 0 Å². The number of nitrogens with one attached hydrogen (secondary N) is 2. The molecule has 0 atom stereocenters. The van der Waals surface area contributed by atoms with Gasteiger partial charge in [0.25, 0.3) is 0 Å².